The largest absolute Gasteiger partial charge is 0.391 e. The molecule has 1 aromatic rings. The van der Waals surface area contributed by atoms with Crippen molar-refractivity contribution in [1.82, 2.24) is 14.7 Å². The van der Waals surface area contributed by atoms with Crippen LogP contribution in [0.1, 0.15) is 32.6 Å². The minimum atomic E-state index is -0.698. The second kappa shape index (κ2) is 9.42. The molecule has 3 aliphatic heterocycles. The van der Waals surface area contributed by atoms with E-state index in [2.05, 4.69) is 5.32 Å². The van der Waals surface area contributed by atoms with Crippen LogP contribution in [0.5, 0.6) is 0 Å². The second-order valence-electron chi connectivity index (χ2n) is 10.2. The van der Waals surface area contributed by atoms with Crippen LogP contribution >= 0.6 is 23.2 Å². The Balaban J connectivity index is 1.23. The van der Waals surface area contributed by atoms with Gasteiger partial charge in [0.25, 0.3) is 0 Å². The van der Waals surface area contributed by atoms with Crippen molar-refractivity contribution >= 4 is 46.7 Å². The van der Waals surface area contributed by atoms with E-state index in [0.29, 0.717) is 35.4 Å². The summed E-state index contributed by atoms with van der Waals surface area (Å²) in [6.07, 6.45) is 2.55. The van der Waals surface area contributed by atoms with Crippen LogP contribution < -0.4 is 5.32 Å². The molecule has 4 atom stereocenters. The first-order valence-corrected chi connectivity index (χ1v) is 12.8. The Kier molecular flexibility index (Phi) is 6.63. The molecule has 5 rings (SSSR count). The maximum atomic E-state index is 13.4. The number of urea groups is 1. The van der Waals surface area contributed by atoms with Gasteiger partial charge >= 0.3 is 6.03 Å². The van der Waals surface area contributed by atoms with E-state index in [0.717, 1.165) is 19.3 Å². The highest BCUT2D eigenvalue weighted by Gasteiger charge is 2.52. The summed E-state index contributed by atoms with van der Waals surface area (Å²) in [6.45, 7) is 3.54. The molecule has 35 heavy (non-hydrogen) atoms. The lowest BCUT2D eigenvalue weighted by molar-refractivity contribution is -0.161. The van der Waals surface area contributed by atoms with Crippen molar-refractivity contribution < 1.29 is 24.2 Å². The lowest BCUT2D eigenvalue weighted by atomic mass is 9.90. The van der Waals surface area contributed by atoms with Gasteiger partial charge in [-0.15, -0.1) is 0 Å². The number of hydrogen-bond acceptors (Lipinski definition) is 5. The van der Waals surface area contributed by atoms with E-state index >= 15 is 0 Å². The van der Waals surface area contributed by atoms with Gasteiger partial charge in [-0.05, 0) is 49.8 Å². The molecule has 3 heterocycles. The first-order valence-electron chi connectivity index (χ1n) is 12.1. The maximum absolute atomic E-state index is 13.4. The highest BCUT2D eigenvalue weighted by molar-refractivity contribution is 6.42. The molecule has 1 saturated carbocycles. The Morgan fingerprint density at radius 1 is 1.17 bits per heavy atom. The van der Waals surface area contributed by atoms with Crippen LogP contribution in [-0.4, -0.2) is 94.7 Å². The van der Waals surface area contributed by atoms with Crippen LogP contribution in [-0.2, 0) is 14.3 Å². The molecule has 0 bridgehead atoms. The standard InChI is InChI=1S/C24H30Cl2N4O5/c1-14-22(33)30-16(9-21(32)28-7-6-24(4-5-24)20(31)11-28)12-35-13-17(30)10-29(14)23(34)27-15-2-3-18(25)19(26)8-15/h2-3,8,14,16-17,20,31H,4-7,9-13H2,1H3,(H,27,34)/t14-,16-,17?,20+/m0/s1. The molecule has 1 aromatic carbocycles. The average molecular weight is 525 g/mol. The highest BCUT2D eigenvalue weighted by Crippen LogP contribution is 2.53. The lowest BCUT2D eigenvalue weighted by Crippen LogP contribution is -2.69. The summed E-state index contributed by atoms with van der Waals surface area (Å²) in [5.41, 5.74) is 0.502. The van der Waals surface area contributed by atoms with Crippen molar-refractivity contribution in [3.63, 3.8) is 0 Å². The summed E-state index contributed by atoms with van der Waals surface area (Å²) in [4.78, 5) is 44.4. The van der Waals surface area contributed by atoms with Gasteiger partial charge in [0, 0.05) is 31.7 Å². The molecule has 1 spiro atoms. The number of amides is 4. The number of carbonyl (C=O) groups is 3. The van der Waals surface area contributed by atoms with Gasteiger partial charge in [-0.2, -0.15) is 0 Å². The van der Waals surface area contributed by atoms with Crippen LogP contribution in [0.3, 0.4) is 0 Å². The summed E-state index contributed by atoms with van der Waals surface area (Å²) in [6, 6.07) is 2.93. The predicted octanol–water partition coefficient (Wildman–Crippen LogP) is 2.59. The first kappa shape index (κ1) is 24.6. The Hall–Kier alpha value is -2.07. The summed E-state index contributed by atoms with van der Waals surface area (Å²) < 4.78 is 5.76. The third-order valence-corrected chi connectivity index (χ3v) is 8.70. The smallest absolute Gasteiger partial charge is 0.322 e. The van der Waals surface area contributed by atoms with Gasteiger partial charge in [-0.3, -0.25) is 9.59 Å². The van der Waals surface area contributed by atoms with Crippen molar-refractivity contribution in [3.05, 3.63) is 28.2 Å². The summed E-state index contributed by atoms with van der Waals surface area (Å²) in [5.74, 6) is -0.281. The SMILES string of the molecule is C[C@H]1C(=O)N2C(COC[C@@H]2CC(=O)N2CCC3(CC3)[C@H](O)C2)CN1C(=O)Nc1ccc(Cl)c(Cl)c1. The molecule has 4 fully saturated rings. The molecule has 1 unspecified atom stereocenters. The number of aliphatic hydroxyl groups excluding tert-OH is 1. The van der Waals surface area contributed by atoms with Crippen molar-refractivity contribution in [2.45, 2.75) is 56.8 Å². The number of anilines is 1. The number of halogens is 2. The molecule has 0 radical (unpaired) electrons. The fraction of sp³-hybridized carbons (Fsp3) is 0.625. The van der Waals surface area contributed by atoms with Crippen molar-refractivity contribution in [1.29, 1.82) is 0 Å². The Morgan fingerprint density at radius 3 is 2.63 bits per heavy atom. The lowest BCUT2D eigenvalue weighted by Gasteiger charge is -2.50. The maximum Gasteiger partial charge on any atom is 0.322 e. The van der Waals surface area contributed by atoms with E-state index in [-0.39, 0.29) is 42.8 Å². The number of piperidine rings is 1. The van der Waals surface area contributed by atoms with E-state index in [1.165, 1.54) is 4.90 Å². The number of piperazine rings is 1. The number of nitrogens with zero attached hydrogens (tertiary/aromatic N) is 3. The quantitative estimate of drug-likeness (QED) is 0.632. The molecule has 2 N–H and O–H groups in total. The molecule has 3 saturated heterocycles. The van der Waals surface area contributed by atoms with Gasteiger partial charge in [0.05, 0.1) is 41.4 Å². The normalized spacial score (nSPS) is 29.7. The molecule has 1 aliphatic carbocycles. The molecule has 190 valence electrons. The van der Waals surface area contributed by atoms with Gasteiger partial charge in [-0.1, -0.05) is 23.2 Å². The van der Waals surface area contributed by atoms with Gasteiger partial charge in [0.15, 0.2) is 0 Å². The number of fused-ring (bicyclic) bond motifs is 1. The monoisotopic (exact) mass is 524 g/mol. The molecule has 4 amide bonds. The van der Waals surface area contributed by atoms with Gasteiger partial charge in [-0.25, -0.2) is 4.79 Å². The van der Waals surface area contributed by atoms with Crippen LogP contribution in [0.2, 0.25) is 10.0 Å². The van der Waals surface area contributed by atoms with E-state index in [1.54, 1.807) is 34.9 Å². The molecular formula is C24H30Cl2N4O5. The highest BCUT2D eigenvalue weighted by atomic mass is 35.5. The third-order valence-electron chi connectivity index (χ3n) is 7.96. The van der Waals surface area contributed by atoms with Crippen LogP contribution in [0.25, 0.3) is 0 Å². The number of aliphatic hydroxyl groups is 1. The van der Waals surface area contributed by atoms with E-state index in [1.807, 2.05) is 0 Å². The third kappa shape index (κ3) is 4.71. The van der Waals surface area contributed by atoms with Gasteiger partial charge in [0.2, 0.25) is 11.8 Å². The number of benzene rings is 1. The van der Waals surface area contributed by atoms with Gasteiger partial charge < -0.3 is 29.9 Å². The molecule has 4 aliphatic rings. The van der Waals surface area contributed by atoms with E-state index in [4.69, 9.17) is 27.9 Å². The zero-order chi connectivity index (χ0) is 24.9. The number of rotatable bonds is 3. The summed E-state index contributed by atoms with van der Waals surface area (Å²) >= 11 is 12.0. The Bertz CT molecular complexity index is 1040. The molecular weight excluding hydrogens is 495 g/mol. The number of morpholine rings is 1. The predicted molar refractivity (Wildman–Crippen MR) is 130 cm³/mol. The zero-order valence-electron chi connectivity index (χ0n) is 19.6. The first-order chi connectivity index (χ1) is 16.7. The number of nitrogens with one attached hydrogen (secondary N) is 1. The Morgan fingerprint density at radius 2 is 1.94 bits per heavy atom. The molecule has 9 nitrogen and oxygen atoms in total. The van der Waals surface area contributed by atoms with Gasteiger partial charge in [0.1, 0.15) is 6.04 Å². The zero-order valence-corrected chi connectivity index (χ0v) is 21.1. The number of hydrogen-bond donors (Lipinski definition) is 2. The van der Waals surface area contributed by atoms with Crippen LogP contribution in [0, 0.1) is 5.41 Å². The van der Waals surface area contributed by atoms with Crippen LogP contribution in [0.15, 0.2) is 18.2 Å². The minimum Gasteiger partial charge on any atom is -0.391 e. The fourth-order valence-electron chi connectivity index (χ4n) is 5.54. The number of β-amino-alcohol motifs (C(OH)–C–C–N with tert-alkyl or cyclic N) is 1. The molecule has 11 heteroatoms. The van der Waals surface area contributed by atoms with Crippen molar-refractivity contribution in [2.75, 3.05) is 38.2 Å². The average Bonchev–Trinajstić information content (AvgIpc) is 3.61. The second-order valence-corrected chi connectivity index (χ2v) is 11.0. The van der Waals surface area contributed by atoms with Crippen LogP contribution in [0.4, 0.5) is 10.5 Å². The molecule has 0 aromatic heterocycles. The summed E-state index contributed by atoms with van der Waals surface area (Å²) in [7, 11) is 0. The summed E-state index contributed by atoms with van der Waals surface area (Å²) in [5, 5.41) is 13.9. The van der Waals surface area contributed by atoms with E-state index < -0.39 is 24.2 Å². The Labute approximate surface area is 214 Å². The fourth-order valence-corrected chi connectivity index (χ4v) is 5.84. The minimum absolute atomic E-state index is 0.0233. The van der Waals surface area contributed by atoms with E-state index in [9.17, 15) is 19.5 Å². The topological polar surface area (TPSA) is 102 Å². The van der Waals surface area contributed by atoms with Crippen molar-refractivity contribution in [2.24, 2.45) is 5.41 Å². The number of ether oxygens (including phenoxy) is 1. The van der Waals surface area contributed by atoms with Crippen molar-refractivity contribution in [3.8, 4) is 0 Å². The number of carbonyl (C=O) groups excluding carboxylic acids is 3. The number of likely N-dealkylation sites (tertiary alicyclic amines) is 1.